The van der Waals surface area contributed by atoms with Crippen LogP contribution in [0.15, 0.2) is 18.2 Å². The van der Waals surface area contributed by atoms with Gasteiger partial charge in [0.05, 0.1) is 13.2 Å². The van der Waals surface area contributed by atoms with Gasteiger partial charge >= 0.3 is 0 Å². The van der Waals surface area contributed by atoms with Crippen molar-refractivity contribution >= 4 is 0 Å². The molecule has 1 aliphatic rings. The molecule has 0 amide bonds. The minimum atomic E-state index is -0.330. The lowest BCUT2D eigenvalue weighted by molar-refractivity contribution is 0.0240. The van der Waals surface area contributed by atoms with Crippen molar-refractivity contribution in [1.29, 1.82) is 0 Å². The van der Waals surface area contributed by atoms with E-state index in [0.717, 1.165) is 18.4 Å². The highest BCUT2D eigenvalue weighted by atomic mass is 19.1. The van der Waals surface area contributed by atoms with Crippen molar-refractivity contribution in [2.45, 2.75) is 25.5 Å². The molecule has 1 fully saturated rings. The maximum atomic E-state index is 13.5. The summed E-state index contributed by atoms with van der Waals surface area (Å²) in [5.74, 6) is -0.0291. The molecule has 4 heteroatoms. The van der Waals surface area contributed by atoms with Crippen molar-refractivity contribution in [1.82, 2.24) is 0 Å². The smallest absolute Gasteiger partial charge is 0.165 e. The minimum Gasteiger partial charge on any atom is -0.487 e. The average molecular weight is 225 g/mol. The first-order chi connectivity index (χ1) is 7.79. The van der Waals surface area contributed by atoms with Crippen molar-refractivity contribution in [2.75, 3.05) is 13.2 Å². The van der Waals surface area contributed by atoms with Gasteiger partial charge in [0.15, 0.2) is 11.6 Å². The van der Waals surface area contributed by atoms with Crippen molar-refractivity contribution in [3.8, 4) is 5.75 Å². The molecule has 16 heavy (non-hydrogen) atoms. The fourth-order valence-electron chi connectivity index (χ4n) is 1.74. The summed E-state index contributed by atoms with van der Waals surface area (Å²) in [6.45, 7) is 1.76. The lowest BCUT2D eigenvalue weighted by atomic mass is 10.1. The maximum Gasteiger partial charge on any atom is 0.165 e. The molecule has 0 atom stereocenters. The Morgan fingerprint density at radius 2 is 2.12 bits per heavy atom. The van der Waals surface area contributed by atoms with E-state index in [2.05, 4.69) is 0 Å². The fraction of sp³-hybridized carbons (Fsp3) is 0.500. The van der Waals surface area contributed by atoms with Crippen LogP contribution in [-0.2, 0) is 11.3 Å². The van der Waals surface area contributed by atoms with Crippen LogP contribution >= 0.6 is 0 Å². The summed E-state index contributed by atoms with van der Waals surface area (Å²) in [6.07, 6.45) is 1.68. The van der Waals surface area contributed by atoms with E-state index in [4.69, 9.17) is 15.2 Å². The van der Waals surface area contributed by atoms with Crippen molar-refractivity contribution in [2.24, 2.45) is 5.73 Å². The summed E-state index contributed by atoms with van der Waals surface area (Å²) in [5, 5.41) is 0. The second-order valence-corrected chi connectivity index (χ2v) is 3.90. The molecule has 3 nitrogen and oxygen atoms in total. The number of halogens is 1. The second-order valence-electron chi connectivity index (χ2n) is 3.90. The molecule has 0 aromatic heterocycles. The molecule has 1 saturated heterocycles. The highest BCUT2D eigenvalue weighted by molar-refractivity contribution is 5.30. The van der Waals surface area contributed by atoms with E-state index in [1.807, 2.05) is 0 Å². The Hall–Kier alpha value is -1.13. The Morgan fingerprint density at radius 3 is 2.81 bits per heavy atom. The predicted octanol–water partition coefficient (Wildman–Crippen LogP) is 1.84. The molecule has 1 aromatic carbocycles. The van der Waals surface area contributed by atoms with Crippen LogP contribution in [0.25, 0.3) is 0 Å². The molecule has 0 bridgehead atoms. The summed E-state index contributed by atoms with van der Waals surface area (Å²) in [4.78, 5) is 0. The van der Waals surface area contributed by atoms with E-state index in [9.17, 15) is 4.39 Å². The summed E-state index contributed by atoms with van der Waals surface area (Å²) in [7, 11) is 0. The Labute approximate surface area is 94.3 Å². The predicted molar refractivity (Wildman–Crippen MR) is 58.8 cm³/mol. The number of benzene rings is 1. The van der Waals surface area contributed by atoms with E-state index < -0.39 is 0 Å². The molecule has 0 radical (unpaired) electrons. The monoisotopic (exact) mass is 225 g/mol. The van der Waals surface area contributed by atoms with Gasteiger partial charge in [-0.25, -0.2) is 4.39 Å². The highest BCUT2D eigenvalue weighted by Gasteiger charge is 2.17. The van der Waals surface area contributed by atoms with Crippen LogP contribution in [0.1, 0.15) is 18.4 Å². The van der Waals surface area contributed by atoms with Gasteiger partial charge < -0.3 is 15.2 Å². The van der Waals surface area contributed by atoms with Gasteiger partial charge in [-0.15, -0.1) is 0 Å². The second kappa shape index (κ2) is 5.27. The zero-order valence-corrected chi connectivity index (χ0v) is 9.12. The quantitative estimate of drug-likeness (QED) is 0.853. The van der Waals surface area contributed by atoms with Gasteiger partial charge in [-0.2, -0.15) is 0 Å². The standard InChI is InChI=1S/C12H16FNO2/c13-11-2-1-9(8-14)7-12(11)16-10-3-5-15-6-4-10/h1-2,7,10H,3-6,8,14H2. The first kappa shape index (κ1) is 11.4. The van der Waals surface area contributed by atoms with Gasteiger partial charge in [0.2, 0.25) is 0 Å². The molecule has 1 aliphatic heterocycles. The van der Waals surface area contributed by atoms with Crippen LogP contribution in [0.2, 0.25) is 0 Å². The molecule has 0 aliphatic carbocycles. The van der Waals surface area contributed by atoms with E-state index in [1.165, 1.54) is 6.07 Å². The Kier molecular flexibility index (Phi) is 3.74. The summed E-state index contributed by atoms with van der Waals surface area (Å²) in [5.41, 5.74) is 6.38. The molecule has 0 unspecified atom stereocenters. The molecule has 1 aromatic rings. The lowest BCUT2D eigenvalue weighted by Gasteiger charge is -2.23. The van der Waals surface area contributed by atoms with Gasteiger partial charge in [0.1, 0.15) is 6.10 Å². The van der Waals surface area contributed by atoms with Gasteiger partial charge in [-0.05, 0) is 17.7 Å². The summed E-state index contributed by atoms with van der Waals surface area (Å²) >= 11 is 0. The van der Waals surface area contributed by atoms with Crippen molar-refractivity contribution < 1.29 is 13.9 Å². The molecule has 2 rings (SSSR count). The first-order valence-corrected chi connectivity index (χ1v) is 5.52. The van der Waals surface area contributed by atoms with Crippen molar-refractivity contribution in [3.63, 3.8) is 0 Å². The maximum absolute atomic E-state index is 13.5. The largest absolute Gasteiger partial charge is 0.487 e. The zero-order chi connectivity index (χ0) is 11.4. The van der Waals surface area contributed by atoms with E-state index in [-0.39, 0.29) is 11.9 Å². The van der Waals surface area contributed by atoms with E-state index >= 15 is 0 Å². The number of hydrogen-bond donors (Lipinski definition) is 1. The van der Waals surface area contributed by atoms with E-state index in [0.29, 0.717) is 25.5 Å². The molecular weight excluding hydrogens is 209 g/mol. The van der Waals surface area contributed by atoms with Gasteiger partial charge in [-0.3, -0.25) is 0 Å². The van der Waals surface area contributed by atoms with Crippen LogP contribution < -0.4 is 10.5 Å². The third kappa shape index (κ3) is 2.71. The molecule has 88 valence electrons. The van der Waals surface area contributed by atoms with Crippen LogP contribution in [0.5, 0.6) is 5.75 Å². The summed E-state index contributed by atoms with van der Waals surface area (Å²) in [6, 6.07) is 4.74. The fourth-order valence-corrected chi connectivity index (χ4v) is 1.74. The third-order valence-electron chi connectivity index (χ3n) is 2.69. The molecule has 2 N–H and O–H groups in total. The summed E-state index contributed by atoms with van der Waals surface area (Å²) < 4.78 is 24.3. The SMILES string of the molecule is NCc1ccc(F)c(OC2CCOCC2)c1. The van der Waals surface area contributed by atoms with Crippen LogP contribution in [0.4, 0.5) is 4.39 Å². The highest BCUT2D eigenvalue weighted by Crippen LogP contribution is 2.22. The van der Waals surface area contributed by atoms with Gasteiger partial charge in [-0.1, -0.05) is 6.07 Å². The van der Waals surface area contributed by atoms with Crippen molar-refractivity contribution in [3.05, 3.63) is 29.6 Å². The van der Waals surface area contributed by atoms with Crippen LogP contribution in [0.3, 0.4) is 0 Å². The Bertz CT molecular complexity index is 351. The Balaban J connectivity index is 2.06. The normalized spacial score (nSPS) is 17.4. The van der Waals surface area contributed by atoms with E-state index in [1.54, 1.807) is 12.1 Å². The topological polar surface area (TPSA) is 44.5 Å². The Morgan fingerprint density at radius 1 is 1.38 bits per heavy atom. The number of ether oxygens (including phenoxy) is 2. The first-order valence-electron chi connectivity index (χ1n) is 5.52. The minimum absolute atomic E-state index is 0.0521. The molecular formula is C12H16FNO2. The van der Waals surface area contributed by atoms with Crippen LogP contribution in [-0.4, -0.2) is 19.3 Å². The molecule has 1 heterocycles. The molecule has 0 saturated carbocycles. The van der Waals surface area contributed by atoms with Gasteiger partial charge in [0.25, 0.3) is 0 Å². The average Bonchev–Trinajstić information content (AvgIpc) is 2.33. The number of rotatable bonds is 3. The zero-order valence-electron chi connectivity index (χ0n) is 9.12. The van der Waals surface area contributed by atoms with Crippen LogP contribution in [0, 0.1) is 5.82 Å². The number of hydrogen-bond acceptors (Lipinski definition) is 3. The molecule has 0 spiro atoms. The third-order valence-corrected chi connectivity index (χ3v) is 2.69. The number of nitrogens with two attached hydrogens (primary N) is 1. The lowest BCUT2D eigenvalue weighted by Crippen LogP contribution is -2.26. The van der Waals surface area contributed by atoms with Gasteiger partial charge in [0, 0.05) is 19.4 Å².